The van der Waals surface area contributed by atoms with Gasteiger partial charge in [-0.15, -0.1) is 0 Å². The lowest BCUT2D eigenvalue weighted by Gasteiger charge is -2.36. The molecular weight excluding hydrogens is 538 g/mol. The van der Waals surface area contributed by atoms with Crippen molar-refractivity contribution < 1.29 is 17.7 Å². The topological polar surface area (TPSA) is 99.1 Å². The van der Waals surface area contributed by atoms with Crippen LogP contribution in [0.15, 0.2) is 36.4 Å². The van der Waals surface area contributed by atoms with E-state index in [0.717, 1.165) is 59.5 Å². The van der Waals surface area contributed by atoms with Crippen LogP contribution in [0.25, 0.3) is 10.8 Å². The van der Waals surface area contributed by atoms with Gasteiger partial charge in [0, 0.05) is 42.3 Å². The van der Waals surface area contributed by atoms with E-state index >= 15 is 0 Å². The van der Waals surface area contributed by atoms with Crippen molar-refractivity contribution in [3.8, 4) is 6.01 Å². The highest BCUT2D eigenvalue weighted by molar-refractivity contribution is 7.86. The van der Waals surface area contributed by atoms with E-state index in [-0.39, 0.29) is 6.54 Å². The molecule has 1 N–H and O–H groups in total. The van der Waals surface area contributed by atoms with E-state index in [1.807, 2.05) is 23.1 Å². The lowest BCUT2D eigenvalue weighted by Crippen LogP contribution is -2.44. The summed E-state index contributed by atoms with van der Waals surface area (Å²) in [6, 6.07) is 12.8. The minimum absolute atomic E-state index is 0.204. The summed E-state index contributed by atoms with van der Waals surface area (Å²) < 4.78 is 39.9. The molecule has 2 atom stereocenters. The third kappa shape index (κ3) is 5.39. The lowest BCUT2D eigenvalue weighted by atomic mass is 10.0. The fraction of sp³-hybridized carbons (Fsp3) is 0.500. The first-order chi connectivity index (χ1) is 18.8. The van der Waals surface area contributed by atoms with Gasteiger partial charge in [-0.25, -0.2) is 0 Å². The summed E-state index contributed by atoms with van der Waals surface area (Å²) in [6.07, 6.45) is 4.02. The second-order valence-corrected chi connectivity index (χ2v) is 13.0. The zero-order chi connectivity index (χ0) is 27.1. The number of ether oxygens (including phenoxy) is 1. The first kappa shape index (κ1) is 26.6. The number of likely N-dealkylation sites (N-methyl/N-ethyl adjacent to an activating group) is 1. The zero-order valence-electron chi connectivity index (χ0n) is 22.1. The van der Waals surface area contributed by atoms with Gasteiger partial charge in [0.1, 0.15) is 17.7 Å². The van der Waals surface area contributed by atoms with E-state index in [1.165, 1.54) is 0 Å². The normalized spacial score (nSPS) is 22.3. The van der Waals surface area contributed by atoms with E-state index in [0.29, 0.717) is 56.0 Å². The van der Waals surface area contributed by atoms with Gasteiger partial charge in [0.15, 0.2) is 0 Å². The van der Waals surface area contributed by atoms with Gasteiger partial charge in [-0.2, -0.15) is 18.4 Å². The van der Waals surface area contributed by atoms with Crippen molar-refractivity contribution in [3.05, 3.63) is 52.7 Å². The summed E-state index contributed by atoms with van der Waals surface area (Å²) in [6.45, 7) is 3.74. The fourth-order valence-electron chi connectivity index (χ4n) is 6.19. The molecular formula is C28H34ClN5O4S. The SMILES string of the molecule is CN1CCC[C@H]1COc1nc2c(c(N3CCCC(S(=O)(=O)O)C3)n1)CCN(c1cccc3cccc(Cl)c13)C2. The van der Waals surface area contributed by atoms with Gasteiger partial charge in [-0.05, 0) is 63.2 Å². The van der Waals surface area contributed by atoms with Crippen LogP contribution >= 0.6 is 11.6 Å². The van der Waals surface area contributed by atoms with Gasteiger partial charge >= 0.3 is 6.01 Å². The predicted molar refractivity (Wildman–Crippen MR) is 154 cm³/mol. The predicted octanol–water partition coefficient (Wildman–Crippen LogP) is 4.18. The minimum atomic E-state index is -4.14. The van der Waals surface area contributed by atoms with Crippen LogP contribution in [-0.4, -0.2) is 79.0 Å². The van der Waals surface area contributed by atoms with Crippen molar-refractivity contribution in [3.63, 3.8) is 0 Å². The molecule has 1 aromatic heterocycles. The van der Waals surface area contributed by atoms with Crippen LogP contribution < -0.4 is 14.5 Å². The number of hydrogen-bond acceptors (Lipinski definition) is 8. The van der Waals surface area contributed by atoms with Crippen LogP contribution in [0.5, 0.6) is 6.01 Å². The van der Waals surface area contributed by atoms with Crippen LogP contribution in [0.1, 0.15) is 36.9 Å². The number of rotatable bonds is 6. The molecule has 2 aromatic carbocycles. The Hall–Kier alpha value is -2.66. The van der Waals surface area contributed by atoms with Gasteiger partial charge in [-0.3, -0.25) is 4.55 Å². The Morgan fingerprint density at radius 1 is 1.05 bits per heavy atom. The Bertz CT molecular complexity index is 1480. The maximum atomic E-state index is 12.0. The van der Waals surface area contributed by atoms with E-state index in [9.17, 15) is 13.0 Å². The number of nitrogens with zero attached hydrogens (tertiary/aromatic N) is 5. The molecule has 0 saturated carbocycles. The highest BCUT2D eigenvalue weighted by atomic mass is 35.5. The van der Waals surface area contributed by atoms with E-state index in [4.69, 9.17) is 26.3 Å². The largest absolute Gasteiger partial charge is 0.462 e. The number of fused-ring (bicyclic) bond motifs is 2. The Morgan fingerprint density at radius 2 is 1.85 bits per heavy atom. The number of piperidine rings is 1. The van der Waals surface area contributed by atoms with Gasteiger partial charge in [-0.1, -0.05) is 35.9 Å². The third-order valence-electron chi connectivity index (χ3n) is 8.37. The molecule has 4 heterocycles. The fourth-order valence-corrected chi connectivity index (χ4v) is 7.31. The summed E-state index contributed by atoms with van der Waals surface area (Å²) in [4.78, 5) is 16.3. The summed E-state index contributed by atoms with van der Waals surface area (Å²) in [5.74, 6) is 0.721. The molecule has 0 spiro atoms. The Labute approximate surface area is 234 Å². The van der Waals surface area contributed by atoms with Crippen molar-refractivity contribution in [2.24, 2.45) is 0 Å². The first-order valence-electron chi connectivity index (χ1n) is 13.6. The average Bonchev–Trinajstić information content (AvgIpc) is 3.35. The van der Waals surface area contributed by atoms with Gasteiger partial charge in [0.05, 0.1) is 17.3 Å². The van der Waals surface area contributed by atoms with Crippen molar-refractivity contribution in [1.82, 2.24) is 14.9 Å². The number of hydrogen-bond donors (Lipinski definition) is 1. The smallest absolute Gasteiger partial charge is 0.318 e. The molecule has 39 heavy (non-hydrogen) atoms. The molecule has 3 aliphatic rings. The molecule has 11 heteroatoms. The van der Waals surface area contributed by atoms with Crippen molar-refractivity contribution in [2.45, 2.75) is 49.9 Å². The molecule has 2 saturated heterocycles. The number of likely N-dealkylation sites (tertiary alicyclic amines) is 1. The molecule has 3 aliphatic heterocycles. The summed E-state index contributed by atoms with van der Waals surface area (Å²) >= 11 is 6.65. The maximum Gasteiger partial charge on any atom is 0.318 e. The Morgan fingerprint density at radius 3 is 2.62 bits per heavy atom. The molecule has 1 unspecified atom stereocenters. The van der Waals surface area contributed by atoms with Crippen LogP contribution in [0.2, 0.25) is 5.02 Å². The van der Waals surface area contributed by atoms with Crippen LogP contribution in [-0.2, 0) is 23.1 Å². The monoisotopic (exact) mass is 571 g/mol. The molecule has 0 radical (unpaired) electrons. The standard InChI is InChI=1S/C28H34ClN5O4S/c1-32-13-4-8-20(32)18-38-28-30-24-17-33(25-11-3-7-19-6-2-10-23(29)26(19)25)15-12-22(24)27(31-28)34-14-5-9-21(16-34)39(35,36)37/h2-3,6-7,10-11,20-21H,4-5,8-9,12-18H2,1H3,(H,35,36,37)/t20-,21?/m0/s1. The molecule has 2 fully saturated rings. The Kier molecular flexibility index (Phi) is 7.30. The number of halogens is 1. The second-order valence-electron chi connectivity index (χ2n) is 10.9. The van der Waals surface area contributed by atoms with Gasteiger partial charge < -0.3 is 19.4 Å². The summed E-state index contributed by atoms with van der Waals surface area (Å²) in [5.41, 5.74) is 2.95. The quantitative estimate of drug-likeness (QED) is 0.437. The first-order valence-corrected chi connectivity index (χ1v) is 15.5. The average molecular weight is 572 g/mol. The van der Waals surface area contributed by atoms with Crippen LogP contribution in [0.4, 0.5) is 11.5 Å². The van der Waals surface area contributed by atoms with Crippen molar-refractivity contribution >= 4 is 44.0 Å². The van der Waals surface area contributed by atoms with Gasteiger partial charge in [0.25, 0.3) is 10.1 Å². The van der Waals surface area contributed by atoms with E-state index < -0.39 is 15.4 Å². The number of aromatic nitrogens is 2. The van der Waals surface area contributed by atoms with Crippen molar-refractivity contribution in [1.29, 1.82) is 0 Å². The molecule has 3 aromatic rings. The lowest BCUT2D eigenvalue weighted by molar-refractivity contribution is 0.187. The summed E-state index contributed by atoms with van der Waals surface area (Å²) in [7, 11) is -2.03. The Balaban J connectivity index is 1.35. The van der Waals surface area contributed by atoms with E-state index in [2.05, 4.69) is 35.0 Å². The maximum absolute atomic E-state index is 12.0. The third-order valence-corrected chi connectivity index (χ3v) is 9.91. The molecule has 9 nitrogen and oxygen atoms in total. The number of benzene rings is 2. The molecule has 208 valence electrons. The minimum Gasteiger partial charge on any atom is -0.462 e. The molecule has 0 amide bonds. The van der Waals surface area contributed by atoms with Crippen LogP contribution in [0, 0.1) is 0 Å². The molecule has 0 aliphatic carbocycles. The summed E-state index contributed by atoms with van der Waals surface area (Å²) in [5, 5.41) is 1.99. The van der Waals surface area contributed by atoms with Crippen molar-refractivity contribution in [2.75, 3.05) is 49.6 Å². The highest BCUT2D eigenvalue weighted by Crippen LogP contribution is 2.37. The second kappa shape index (κ2) is 10.7. The van der Waals surface area contributed by atoms with Crippen LogP contribution in [0.3, 0.4) is 0 Å². The molecule has 0 bridgehead atoms. The molecule has 6 rings (SSSR count). The number of anilines is 2. The zero-order valence-corrected chi connectivity index (χ0v) is 23.7. The highest BCUT2D eigenvalue weighted by Gasteiger charge is 2.33. The van der Waals surface area contributed by atoms with Gasteiger partial charge in [0.2, 0.25) is 0 Å². The van der Waals surface area contributed by atoms with E-state index in [1.54, 1.807) is 0 Å².